The predicted octanol–water partition coefficient (Wildman–Crippen LogP) is 1.55. The van der Waals surface area contributed by atoms with E-state index >= 15 is 0 Å². The van der Waals surface area contributed by atoms with Gasteiger partial charge >= 0.3 is 0 Å². The van der Waals surface area contributed by atoms with E-state index in [1.165, 1.54) is 18.2 Å². The number of carbonyl (C=O) groups excluding carboxylic acids is 1. The molecule has 0 aliphatic carbocycles. The summed E-state index contributed by atoms with van der Waals surface area (Å²) in [6.45, 7) is -0.763. The van der Waals surface area contributed by atoms with E-state index in [2.05, 4.69) is 0 Å². The van der Waals surface area contributed by atoms with Gasteiger partial charge in [-0.3, -0.25) is 4.79 Å². The summed E-state index contributed by atoms with van der Waals surface area (Å²) in [6, 6.07) is 4.14. The molecule has 0 aliphatic rings. The molecule has 1 aromatic carbocycles. The highest BCUT2D eigenvalue weighted by Gasteiger charge is 2.02. The highest BCUT2D eigenvalue weighted by Crippen LogP contribution is 2.25. The van der Waals surface area contributed by atoms with Crippen LogP contribution in [0.5, 0.6) is 11.5 Å². The molecule has 0 fully saturated rings. The van der Waals surface area contributed by atoms with Gasteiger partial charge in [0.25, 0.3) is 0 Å². The Balaban J connectivity index is 2.83. The van der Waals surface area contributed by atoms with E-state index in [-0.39, 0.29) is 18.1 Å². The van der Waals surface area contributed by atoms with Gasteiger partial charge in [0.1, 0.15) is 19.6 Å². The van der Waals surface area contributed by atoms with Crippen LogP contribution in [0.15, 0.2) is 18.2 Å². The Morgan fingerprint density at radius 3 is 2.92 bits per heavy atom. The van der Waals surface area contributed by atoms with Crippen LogP contribution < -0.4 is 4.74 Å². The Bertz CT molecular complexity index is 299. The normalized spacial score (nSPS) is 9.62. The minimum Gasteiger partial charge on any atom is -0.504 e. The average molecular weight is 184 g/mol. The highest BCUT2D eigenvalue weighted by molar-refractivity contribution is 5.76. The molecule has 0 atom stereocenters. The molecule has 1 rings (SSSR count). The third-order valence-corrected chi connectivity index (χ3v) is 1.45. The molecule has 3 nitrogen and oxygen atoms in total. The summed E-state index contributed by atoms with van der Waals surface area (Å²) in [5.74, 6) is 0.0290. The summed E-state index contributed by atoms with van der Waals surface area (Å²) in [6.07, 6.45) is 0.627. The van der Waals surface area contributed by atoms with Gasteiger partial charge in [-0.2, -0.15) is 0 Å². The zero-order valence-corrected chi connectivity index (χ0v) is 6.87. The van der Waals surface area contributed by atoms with Crippen molar-refractivity contribution in [1.82, 2.24) is 0 Å². The van der Waals surface area contributed by atoms with Crippen LogP contribution in [-0.4, -0.2) is 24.7 Å². The SMILES string of the molecule is O=Cc1ccc(O)c(OCCF)c1. The van der Waals surface area contributed by atoms with Gasteiger partial charge in [-0.25, -0.2) is 4.39 Å². The van der Waals surface area contributed by atoms with Crippen molar-refractivity contribution in [2.24, 2.45) is 0 Å². The largest absolute Gasteiger partial charge is 0.504 e. The monoisotopic (exact) mass is 184 g/mol. The van der Waals surface area contributed by atoms with Crippen molar-refractivity contribution in [1.29, 1.82) is 0 Å². The predicted molar refractivity (Wildman–Crippen MR) is 45.0 cm³/mol. The van der Waals surface area contributed by atoms with Crippen molar-refractivity contribution in [2.75, 3.05) is 13.3 Å². The zero-order valence-electron chi connectivity index (χ0n) is 6.87. The average Bonchev–Trinajstić information content (AvgIpc) is 2.17. The Morgan fingerprint density at radius 1 is 1.54 bits per heavy atom. The maximum atomic E-state index is 11.7. The lowest BCUT2D eigenvalue weighted by molar-refractivity contribution is 0.112. The molecule has 0 saturated carbocycles. The summed E-state index contributed by atoms with van der Waals surface area (Å²) < 4.78 is 16.6. The topological polar surface area (TPSA) is 46.5 Å². The number of halogens is 1. The number of ether oxygens (including phenoxy) is 1. The molecule has 0 spiro atoms. The smallest absolute Gasteiger partial charge is 0.161 e. The number of phenolic OH excluding ortho intramolecular Hbond substituents is 1. The fourth-order valence-electron chi connectivity index (χ4n) is 0.868. The summed E-state index contributed by atoms with van der Waals surface area (Å²) in [5.41, 5.74) is 0.381. The van der Waals surface area contributed by atoms with Crippen LogP contribution >= 0.6 is 0 Å². The molecule has 1 aromatic rings. The number of hydrogen-bond acceptors (Lipinski definition) is 3. The van der Waals surface area contributed by atoms with Gasteiger partial charge in [-0.05, 0) is 18.2 Å². The highest BCUT2D eigenvalue weighted by atomic mass is 19.1. The Hall–Kier alpha value is -1.58. The van der Waals surface area contributed by atoms with Gasteiger partial charge in [0, 0.05) is 5.56 Å². The quantitative estimate of drug-likeness (QED) is 0.722. The lowest BCUT2D eigenvalue weighted by Crippen LogP contribution is -1.99. The molecular formula is C9H9FO3. The summed E-state index contributed by atoms with van der Waals surface area (Å²) >= 11 is 0. The Kier molecular flexibility index (Phi) is 3.25. The standard InChI is InChI=1S/C9H9FO3/c10-3-4-13-9-5-7(6-11)1-2-8(9)12/h1-2,5-6,12H,3-4H2. The number of benzene rings is 1. The molecule has 0 unspecified atom stereocenters. The van der Waals surface area contributed by atoms with E-state index in [1.807, 2.05) is 0 Å². The van der Waals surface area contributed by atoms with E-state index < -0.39 is 6.67 Å². The van der Waals surface area contributed by atoms with Crippen LogP contribution in [0.4, 0.5) is 4.39 Å². The molecule has 0 saturated heterocycles. The van der Waals surface area contributed by atoms with Crippen LogP contribution in [0, 0.1) is 0 Å². The van der Waals surface area contributed by atoms with Crippen LogP contribution in [0.3, 0.4) is 0 Å². The van der Waals surface area contributed by atoms with Crippen molar-refractivity contribution in [2.45, 2.75) is 0 Å². The van der Waals surface area contributed by atoms with E-state index in [1.54, 1.807) is 0 Å². The first-order valence-electron chi connectivity index (χ1n) is 3.75. The van der Waals surface area contributed by atoms with Crippen molar-refractivity contribution in [3.05, 3.63) is 23.8 Å². The van der Waals surface area contributed by atoms with Gasteiger partial charge in [0.2, 0.25) is 0 Å². The van der Waals surface area contributed by atoms with Crippen molar-refractivity contribution < 1.29 is 19.0 Å². The molecule has 70 valence electrons. The van der Waals surface area contributed by atoms with E-state index in [0.29, 0.717) is 11.8 Å². The first kappa shape index (κ1) is 9.51. The number of phenols is 1. The fraction of sp³-hybridized carbons (Fsp3) is 0.222. The number of alkyl halides is 1. The van der Waals surface area contributed by atoms with Gasteiger partial charge in [-0.1, -0.05) is 0 Å². The number of aromatic hydroxyl groups is 1. The molecule has 0 aromatic heterocycles. The molecule has 0 heterocycles. The minimum absolute atomic E-state index is 0.0981. The summed E-state index contributed by atoms with van der Waals surface area (Å²) in [7, 11) is 0. The second kappa shape index (κ2) is 4.45. The third-order valence-electron chi connectivity index (χ3n) is 1.45. The van der Waals surface area contributed by atoms with Gasteiger partial charge in [0.05, 0.1) is 0 Å². The van der Waals surface area contributed by atoms with Gasteiger partial charge in [-0.15, -0.1) is 0 Å². The summed E-state index contributed by atoms with van der Waals surface area (Å²) in [4.78, 5) is 10.3. The molecule has 0 radical (unpaired) electrons. The third kappa shape index (κ3) is 2.43. The first-order chi connectivity index (χ1) is 6.27. The fourth-order valence-corrected chi connectivity index (χ4v) is 0.868. The van der Waals surface area contributed by atoms with E-state index in [4.69, 9.17) is 4.74 Å². The van der Waals surface area contributed by atoms with Gasteiger partial charge in [0.15, 0.2) is 11.5 Å². The zero-order chi connectivity index (χ0) is 9.68. The molecule has 4 heteroatoms. The van der Waals surface area contributed by atoms with Crippen molar-refractivity contribution in [3.8, 4) is 11.5 Å². The lowest BCUT2D eigenvalue weighted by Gasteiger charge is -2.05. The van der Waals surface area contributed by atoms with Crippen LogP contribution in [0.1, 0.15) is 10.4 Å². The van der Waals surface area contributed by atoms with E-state index in [0.717, 1.165) is 0 Å². The molecular weight excluding hydrogens is 175 g/mol. The summed E-state index contributed by atoms with van der Waals surface area (Å²) in [5, 5.41) is 9.19. The first-order valence-corrected chi connectivity index (χ1v) is 3.75. The number of aldehydes is 1. The van der Waals surface area contributed by atoms with Crippen molar-refractivity contribution >= 4 is 6.29 Å². The second-order valence-electron chi connectivity index (χ2n) is 2.38. The maximum absolute atomic E-state index is 11.7. The van der Waals surface area contributed by atoms with E-state index in [9.17, 15) is 14.3 Å². The van der Waals surface area contributed by atoms with Crippen LogP contribution in [0.2, 0.25) is 0 Å². The Labute approximate surface area is 74.8 Å². The molecule has 1 N–H and O–H groups in total. The van der Waals surface area contributed by atoms with Gasteiger partial charge < -0.3 is 9.84 Å². The number of rotatable bonds is 4. The lowest BCUT2D eigenvalue weighted by atomic mass is 10.2. The minimum atomic E-state index is -0.634. The Morgan fingerprint density at radius 2 is 2.31 bits per heavy atom. The number of hydrogen-bond donors (Lipinski definition) is 1. The van der Waals surface area contributed by atoms with Crippen molar-refractivity contribution in [3.63, 3.8) is 0 Å². The molecule has 13 heavy (non-hydrogen) atoms. The molecule has 0 aliphatic heterocycles. The number of carbonyl (C=O) groups is 1. The molecule has 0 amide bonds. The maximum Gasteiger partial charge on any atom is 0.161 e. The molecule has 0 bridgehead atoms. The van der Waals surface area contributed by atoms with Crippen LogP contribution in [-0.2, 0) is 0 Å². The second-order valence-corrected chi connectivity index (χ2v) is 2.38. The van der Waals surface area contributed by atoms with Crippen LogP contribution in [0.25, 0.3) is 0 Å².